The molecule has 2 N–H and O–H groups in total. The largest absolute Gasteiger partial charge is 0.357 e. The number of aromatic nitrogens is 4. The van der Waals surface area contributed by atoms with Crippen LogP contribution in [0.15, 0.2) is 42.1 Å². The Bertz CT molecular complexity index is 633. The third-order valence-corrected chi connectivity index (χ3v) is 2.42. The van der Waals surface area contributed by atoms with Crippen LogP contribution in [0.25, 0.3) is 5.82 Å². The maximum absolute atomic E-state index is 11.9. The average molecular weight is 258 g/mol. The van der Waals surface area contributed by atoms with E-state index in [0.717, 1.165) is 5.56 Å². The molecule has 0 aliphatic heterocycles. The zero-order valence-electron chi connectivity index (χ0n) is 10.5. The highest BCUT2D eigenvalue weighted by atomic mass is 16.1. The Kier molecular flexibility index (Phi) is 3.67. The van der Waals surface area contributed by atoms with Crippen molar-refractivity contribution in [1.82, 2.24) is 19.5 Å². The Morgan fingerprint density at radius 1 is 1.47 bits per heavy atom. The summed E-state index contributed by atoms with van der Waals surface area (Å²) in [6.07, 6.45) is 4.62. The van der Waals surface area contributed by atoms with Crippen molar-refractivity contribution in [3.63, 3.8) is 0 Å². The molecule has 98 valence electrons. The van der Waals surface area contributed by atoms with Gasteiger partial charge in [-0.3, -0.25) is 5.01 Å². The fourth-order valence-electron chi connectivity index (χ4n) is 1.45. The minimum Gasteiger partial charge on any atom is -0.275 e. The van der Waals surface area contributed by atoms with E-state index in [9.17, 15) is 4.79 Å². The molecule has 0 amide bonds. The Morgan fingerprint density at radius 3 is 2.84 bits per heavy atom. The minimum absolute atomic E-state index is 0.147. The Labute approximate surface area is 110 Å². The van der Waals surface area contributed by atoms with Crippen LogP contribution < -0.4 is 16.5 Å². The zero-order chi connectivity index (χ0) is 13.8. The highest BCUT2D eigenvalue weighted by molar-refractivity contribution is 5.28. The summed E-state index contributed by atoms with van der Waals surface area (Å²) in [6.45, 7) is 5.82. The smallest absolute Gasteiger partial charge is 0.275 e. The first kappa shape index (κ1) is 12.9. The van der Waals surface area contributed by atoms with E-state index in [2.05, 4.69) is 21.5 Å². The van der Waals surface area contributed by atoms with E-state index < -0.39 is 5.69 Å². The predicted molar refractivity (Wildman–Crippen MR) is 71.9 cm³/mol. The summed E-state index contributed by atoms with van der Waals surface area (Å²) in [5.41, 5.74) is 0.523. The molecular weight excluding hydrogens is 244 g/mol. The lowest BCUT2D eigenvalue weighted by Gasteiger charge is -2.13. The van der Waals surface area contributed by atoms with Gasteiger partial charge in [0.2, 0.25) is 5.95 Å². The van der Waals surface area contributed by atoms with Gasteiger partial charge in [-0.1, -0.05) is 12.1 Å². The molecule has 7 nitrogen and oxygen atoms in total. The van der Waals surface area contributed by atoms with E-state index in [-0.39, 0.29) is 5.95 Å². The zero-order valence-corrected chi connectivity index (χ0v) is 10.5. The molecule has 0 atom stereocenters. The molecule has 2 aromatic rings. The molecule has 0 aliphatic carbocycles. The highest BCUT2D eigenvalue weighted by Gasteiger charge is 2.07. The van der Waals surface area contributed by atoms with Crippen molar-refractivity contribution in [3.05, 3.63) is 53.4 Å². The van der Waals surface area contributed by atoms with Crippen LogP contribution in [0, 0.1) is 6.92 Å². The number of hydrogen-bond acceptors (Lipinski definition) is 6. The van der Waals surface area contributed by atoms with Crippen molar-refractivity contribution in [3.8, 4) is 5.82 Å². The second kappa shape index (κ2) is 5.40. The average Bonchev–Trinajstić information content (AvgIpc) is 2.40. The molecule has 2 heterocycles. The van der Waals surface area contributed by atoms with Gasteiger partial charge in [-0.2, -0.15) is 4.98 Å². The molecule has 0 spiro atoms. The quantitative estimate of drug-likeness (QED) is 0.478. The highest BCUT2D eigenvalue weighted by Crippen LogP contribution is 2.03. The van der Waals surface area contributed by atoms with Crippen LogP contribution in [0.1, 0.15) is 5.56 Å². The van der Waals surface area contributed by atoms with Gasteiger partial charge in [-0.05, 0) is 18.6 Å². The van der Waals surface area contributed by atoms with Gasteiger partial charge in [0.05, 0.1) is 6.54 Å². The molecule has 0 aromatic carbocycles. The van der Waals surface area contributed by atoms with Crippen molar-refractivity contribution in [1.29, 1.82) is 0 Å². The minimum atomic E-state index is -0.485. The molecule has 0 bridgehead atoms. The number of nitrogens with two attached hydrogens (primary N) is 1. The summed E-state index contributed by atoms with van der Waals surface area (Å²) < 4.78 is 1.25. The van der Waals surface area contributed by atoms with Crippen molar-refractivity contribution in [2.24, 2.45) is 5.84 Å². The maximum atomic E-state index is 11.9. The molecule has 0 unspecified atom stereocenters. The Morgan fingerprint density at radius 2 is 2.26 bits per heavy atom. The van der Waals surface area contributed by atoms with Gasteiger partial charge in [0.1, 0.15) is 12.1 Å². The molecule has 0 saturated heterocycles. The molecule has 0 fully saturated rings. The lowest BCUT2D eigenvalue weighted by Crippen LogP contribution is -2.35. The van der Waals surface area contributed by atoms with Gasteiger partial charge < -0.3 is 0 Å². The van der Waals surface area contributed by atoms with Crippen molar-refractivity contribution < 1.29 is 0 Å². The van der Waals surface area contributed by atoms with Crippen LogP contribution in [-0.2, 0) is 0 Å². The van der Waals surface area contributed by atoms with Crippen molar-refractivity contribution in [2.45, 2.75) is 6.92 Å². The number of hydrogen-bond donors (Lipinski definition) is 1. The van der Waals surface area contributed by atoms with E-state index in [1.165, 1.54) is 15.9 Å². The van der Waals surface area contributed by atoms with E-state index in [0.29, 0.717) is 12.4 Å². The monoisotopic (exact) mass is 258 g/mol. The topological polar surface area (TPSA) is 89.9 Å². The Balaban J connectivity index is 2.37. The van der Waals surface area contributed by atoms with E-state index in [4.69, 9.17) is 5.84 Å². The van der Waals surface area contributed by atoms with Gasteiger partial charge in [0, 0.05) is 6.20 Å². The first-order chi connectivity index (χ1) is 9.11. The number of rotatable bonds is 4. The van der Waals surface area contributed by atoms with Crippen LogP contribution in [0.5, 0.6) is 0 Å². The summed E-state index contributed by atoms with van der Waals surface area (Å²) in [4.78, 5) is 23.9. The molecule has 2 aromatic heterocycles. The third kappa shape index (κ3) is 2.83. The van der Waals surface area contributed by atoms with Crippen molar-refractivity contribution in [2.75, 3.05) is 11.6 Å². The van der Waals surface area contributed by atoms with E-state index >= 15 is 0 Å². The Hall–Kier alpha value is -2.54. The van der Waals surface area contributed by atoms with Gasteiger partial charge in [-0.25, -0.2) is 25.2 Å². The third-order valence-electron chi connectivity index (χ3n) is 2.42. The summed E-state index contributed by atoms with van der Waals surface area (Å²) >= 11 is 0. The fraction of sp³-hybridized carbons (Fsp3) is 0.167. The summed E-state index contributed by atoms with van der Waals surface area (Å²) in [7, 11) is 0. The normalized spacial score (nSPS) is 10.2. The number of hydrazine groups is 1. The SMILES string of the molecule is C=CCN(N)c1ncn(-c2ccc(C)cn2)c(=O)n1. The van der Waals surface area contributed by atoms with Gasteiger partial charge in [-0.15, -0.1) is 6.58 Å². The fourth-order valence-corrected chi connectivity index (χ4v) is 1.45. The molecule has 19 heavy (non-hydrogen) atoms. The van der Waals surface area contributed by atoms with Gasteiger partial charge >= 0.3 is 5.69 Å². The van der Waals surface area contributed by atoms with Crippen LogP contribution in [0.2, 0.25) is 0 Å². The molecule has 0 aliphatic rings. The summed E-state index contributed by atoms with van der Waals surface area (Å²) in [6, 6.07) is 3.58. The van der Waals surface area contributed by atoms with E-state index in [1.807, 2.05) is 13.0 Å². The number of pyridine rings is 1. The lowest BCUT2D eigenvalue weighted by molar-refractivity contribution is 0.788. The van der Waals surface area contributed by atoms with Crippen LogP contribution in [0.4, 0.5) is 5.95 Å². The number of aryl methyl sites for hydroxylation is 1. The first-order valence-electron chi connectivity index (χ1n) is 5.63. The first-order valence-corrected chi connectivity index (χ1v) is 5.63. The maximum Gasteiger partial charge on any atom is 0.357 e. The van der Waals surface area contributed by atoms with Crippen LogP contribution in [-0.4, -0.2) is 26.1 Å². The second-order valence-electron chi connectivity index (χ2n) is 3.94. The second-order valence-corrected chi connectivity index (χ2v) is 3.94. The molecule has 0 radical (unpaired) electrons. The predicted octanol–water partition coefficient (Wildman–Crippen LogP) is 0.197. The van der Waals surface area contributed by atoms with Crippen LogP contribution in [0.3, 0.4) is 0 Å². The van der Waals surface area contributed by atoms with Gasteiger partial charge in [0.15, 0.2) is 0 Å². The molecule has 7 heteroatoms. The molecule has 2 rings (SSSR count). The van der Waals surface area contributed by atoms with E-state index in [1.54, 1.807) is 18.3 Å². The number of anilines is 1. The van der Waals surface area contributed by atoms with Crippen LogP contribution >= 0.6 is 0 Å². The standard InChI is InChI=1S/C12H14N6O/c1-3-6-18(13)11-15-8-17(12(19)16-11)10-5-4-9(2)7-14-10/h3-5,7-8H,1,6,13H2,2H3. The summed E-state index contributed by atoms with van der Waals surface area (Å²) in [5, 5.41) is 1.24. The van der Waals surface area contributed by atoms with Gasteiger partial charge in [0.25, 0.3) is 0 Å². The number of nitrogens with zero attached hydrogens (tertiary/aromatic N) is 5. The lowest BCUT2D eigenvalue weighted by atomic mass is 10.3. The molecular formula is C12H14N6O. The van der Waals surface area contributed by atoms with Crippen molar-refractivity contribution >= 4 is 5.95 Å². The molecule has 0 saturated carbocycles. The summed E-state index contributed by atoms with van der Waals surface area (Å²) in [5.74, 6) is 6.27.